The molecule has 1 aromatic carbocycles. The number of hydrogen-bond acceptors (Lipinski definition) is 3. The van der Waals surface area contributed by atoms with Crippen LogP contribution in [0.25, 0.3) is 0 Å². The van der Waals surface area contributed by atoms with Crippen molar-refractivity contribution in [2.45, 2.75) is 78.9 Å². The van der Waals surface area contributed by atoms with E-state index >= 15 is 0 Å². The van der Waals surface area contributed by atoms with Crippen molar-refractivity contribution in [1.82, 2.24) is 14.7 Å². The molecular formula is C24H39N3S6. The summed E-state index contributed by atoms with van der Waals surface area (Å²) in [5.41, 5.74) is 3.66. The van der Waals surface area contributed by atoms with Crippen molar-refractivity contribution in [2.75, 3.05) is 19.6 Å². The summed E-state index contributed by atoms with van der Waals surface area (Å²) in [5.74, 6) is 0. The maximum absolute atomic E-state index is 5.42. The van der Waals surface area contributed by atoms with Crippen molar-refractivity contribution in [3.05, 3.63) is 34.9 Å². The Kier molecular flexibility index (Phi) is 16.3. The molecule has 0 aliphatic heterocycles. The van der Waals surface area contributed by atoms with Crippen LogP contribution in [0.4, 0.5) is 0 Å². The topological polar surface area (TPSA) is 9.72 Å². The second kappa shape index (κ2) is 17.4. The number of benzene rings is 1. The molecule has 0 radical (unpaired) electrons. The zero-order valence-corrected chi connectivity index (χ0v) is 25.3. The predicted octanol–water partition coefficient (Wildman–Crippen LogP) is 7.14. The lowest BCUT2D eigenvalue weighted by Crippen LogP contribution is -2.29. The highest BCUT2D eigenvalue weighted by molar-refractivity contribution is 8.11. The summed E-state index contributed by atoms with van der Waals surface area (Å²) in [6.45, 7) is 11.5. The minimum absolute atomic E-state index is 0.637. The lowest BCUT2D eigenvalue weighted by molar-refractivity contribution is 0.403. The number of rotatable bonds is 15. The molecule has 0 aliphatic carbocycles. The van der Waals surface area contributed by atoms with Gasteiger partial charge in [-0.2, -0.15) is 0 Å². The van der Waals surface area contributed by atoms with Crippen molar-refractivity contribution in [2.24, 2.45) is 0 Å². The summed E-state index contributed by atoms with van der Waals surface area (Å²) >= 11 is 29.7. The van der Waals surface area contributed by atoms with Gasteiger partial charge in [-0.25, -0.2) is 0 Å². The van der Waals surface area contributed by atoms with Gasteiger partial charge in [-0.1, -0.05) is 94.9 Å². The van der Waals surface area contributed by atoms with E-state index in [0.717, 1.165) is 77.8 Å². The summed E-state index contributed by atoms with van der Waals surface area (Å²) in [7, 11) is 0. The van der Waals surface area contributed by atoms with E-state index in [4.69, 9.17) is 36.7 Å². The van der Waals surface area contributed by atoms with Gasteiger partial charge in [0.15, 0.2) is 0 Å². The van der Waals surface area contributed by atoms with Crippen LogP contribution < -0.4 is 0 Å². The SMILES string of the molecule is CCCCN(Cc1cc(CN(CCCC)C(=S)S)cc(CN(CCCC)C(=S)S)c1)C(=S)S. The highest BCUT2D eigenvalue weighted by Gasteiger charge is 2.14. The van der Waals surface area contributed by atoms with Gasteiger partial charge in [0.05, 0.1) is 0 Å². The first kappa shape index (κ1) is 31.0. The first-order valence-electron chi connectivity index (χ1n) is 11.8. The van der Waals surface area contributed by atoms with Gasteiger partial charge in [-0.3, -0.25) is 0 Å². The second-order valence-corrected chi connectivity index (χ2v) is 11.7. The molecule has 0 aliphatic rings. The molecule has 0 spiro atoms. The quantitative estimate of drug-likeness (QED) is 0.154. The van der Waals surface area contributed by atoms with Gasteiger partial charge in [0.1, 0.15) is 13.0 Å². The summed E-state index contributed by atoms with van der Waals surface area (Å²) in [6, 6.07) is 6.78. The Balaban J connectivity index is 3.25. The molecule has 0 N–H and O–H groups in total. The van der Waals surface area contributed by atoms with E-state index in [0.29, 0.717) is 13.0 Å². The third kappa shape index (κ3) is 12.5. The average molecular weight is 562 g/mol. The average Bonchev–Trinajstić information content (AvgIpc) is 2.76. The highest BCUT2D eigenvalue weighted by atomic mass is 32.1. The van der Waals surface area contributed by atoms with Gasteiger partial charge in [0.2, 0.25) is 0 Å². The number of hydrogen-bond donors (Lipinski definition) is 3. The van der Waals surface area contributed by atoms with Crippen molar-refractivity contribution in [3.8, 4) is 0 Å². The number of nitrogens with zero attached hydrogens (tertiary/aromatic N) is 3. The zero-order valence-electron chi connectivity index (χ0n) is 20.1. The van der Waals surface area contributed by atoms with E-state index < -0.39 is 0 Å². The van der Waals surface area contributed by atoms with Crippen LogP contribution in [0.5, 0.6) is 0 Å². The molecule has 0 amide bonds. The molecule has 1 rings (SSSR count). The van der Waals surface area contributed by atoms with Gasteiger partial charge in [-0.15, -0.1) is 37.9 Å². The third-order valence-electron chi connectivity index (χ3n) is 5.39. The summed E-state index contributed by atoms with van der Waals surface area (Å²) in [4.78, 5) is 6.50. The molecule has 0 unspecified atom stereocenters. The molecule has 1 aromatic rings. The first-order chi connectivity index (χ1) is 15.7. The van der Waals surface area contributed by atoms with Gasteiger partial charge < -0.3 is 14.7 Å². The van der Waals surface area contributed by atoms with Crippen LogP contribution in [-0.4, -0.2) is 47.3 Å². The minimum Gasteiger partial charge on any atom is -0.353 e. The monoisotopic (exact) mass is 561 g/mol. The fourth-order valence-corrected chi connectivity index (χ4v) is 4.53. The lowest BCUT2D eigenvalue weighted by Gasteiger charge is -2.27. The highest BCUT2D eigenvalue weighted by Crippen LogP contribution is 2.19. The van der Waals surface area contributed by atoms with Crippen LogP contribution in [0.2, 0.25) is 0 Å². The molecule has 0 aromatic heterocycles. The standard InChI is InChI=1S/C24H39N3S6/c1-4-7-10-25(22(28)29)16-19-13-20(17-26(23(30)31)11-8-5-2)15-21(14-19)18-27(24(32)33)12-9-6-3/h13-15H,4-12,16-18H2,1-3H3,(H,28,29)(H,30,31)(H,32,33). The smallest absolute Gasteiger partial charge is 0.133 e. The van der Waals surface area contributed by atoms with Gasteiger partial charge in [0, 0.05) is 39.3 Å². The normalized spacial score (nSPS) is 10.7. The molecule has 0 saturated heterocycles. The van der Waals surface area contributed by atoms with E-state index in [-0.39, 0.29) is 0 Å². The first-order valence-corrected chi connectivity index (χ1v) is 14.3. The molecule has 186 valence electrons. The minimum atomic E-state index is 0.637. The fourth-order valence-electron chi connectivity index (χ4n) is 3.55. The molecule has 3 nitrogen and oxygen atoms in total. The van der Waals surface area contributed by atoms with E-state index in [9.17, 15) is 0 Å². The fraction of sp³-hybridized carbons (Fsp3) is 0.625. The van der Waals surface area contributed by atoms with E-state index in [1.807, 2.05) is 0 Å². The Morgan fingerprint density at radius 3 is 1.00 bits per heavy atom. The van der Waals surface area contributed by atoms with Crippen LogP contribution in [0, 0.1) is 0 Å². The third-order valence-corrected chi connectivity index (χ3v) is 7.01. The Bertz CT molecular complexity index is 658. The summed E-state index contributed by atoms with van der Waals surface area (Å²) in [5, 5.41) is 0. The summed E-state index contributed by atoms with van der Waals surface area (Å²) in [6.07, 6.45) is 6.63. The Morgan fingerprint density at radius 2 is 0.818 bits per heavy atom. The Labute approximate surface area is 234 Å². The molecular weight excluding hydrogens is 523 g/mol. The zero-order chi connectivity index (χ0) is 24.8. The van der Waals surface area contributed by atoms with E-state index in [1.165, 1.54) is 16.7 Å². The second-order valence-electron chi connectivity index (χ2n) is 8.33. The van der Waals surface area contributed by atoms with Crippen molar-refractivity contribution < 1.29 is 0 Å². The van der Waals surface area contributed by atoms with Crippen LogP contribution >= 0.6 is 74.5 Å². The Morgan fingerprint density at radius 1 is 0.576 bits per heavy atom. The largest absolute Gasteiger partial charge is 0.353 e. The van der Waals surface area contributed by atoms with Crippen molar-refractivity contribution in [1.29, 1.82) is 0 Å². The number of thiocarbonyl (C=S) groups is 3. The van der Waals surface area contributed by atoms with E-state index in [1.54, 1.807) is 0 Å². The van der Waals surface area contributed by atoms with Crippen molar-refractivity contribution >= 4 is 87.5 Å². The van der Waals surface area contributed by atoms with Gasteiger partial charge in [-0.05, 0) is 36.0 Å². The molecule has 9 heteroatoms. The van der Waals surface area contributed by atoms with Crippen LogP contribution in [0.15, 0.2) is 18.2 Å². The van der Waals surface area contributed by atoms with Crippen LogP contribution in [0.1, 0.15) is 76.0 Å². The molecule has 0 bridgehead atoms. The maximum atomic E-state index is 5.42. The van der Waals surface area contributed by atoms with Gasteiger partial charge in [0.25, 0.3) is 0 Å². The molecule has 0 fully saturated rings. The van der Waals surface area contributed by atoms with Crippen LogP contribution in [-0.2, 0) is 19.6 Å². The Hall–Kier alpha value is -0.0600. The number of thiol groups is 3. The lowest BCUT2D eigenvalue weighted by atomic mass is 10.0. The molecule has 0 saturated carbocycles. The van der Waals surface area contributed by atoms with E-state index in [2.05, 4.69) is 91.6 Å². The van der Waals surface area contributed by atoms with Crippen LogP contribution in [0.3, 0.4) is 0 Å². The van der Waals surface area contributed by atoms with Gasteiger partial charge >= 0.3 is 0 Å². The molecule has 33 heavy (non-hydrogen) atoms. The predicted molar refractivity (Wildman–Crippen MR) is 167 cm³/mol. The maximum Gasteiger partial charge on any atom is 0.133 e. The number of unbranched alkanes of at least 4 members (excludes halogenated alkanes) is 3. The molecule has 0 atom stereocenters. The van der Waals surface area contributed by atoms with Crippen molar-refractivity contribution in [3.63, 3.8) is 0 Å². The summed E-state index contributed by atoms with van der Waals surface area (Å²) < 4.78 is 1.91. The molecule has 0 heterocycles.